The summed E-state index contributed by atoms with van der Waals surface area (Å²) in [5.74, 6) is 0. The number of hydrogen-bond donors (Lipinski definition) is 1. The summed E-state index contributed by atoms with van der Waals surface area (Å²) in [7, 11) is 0. The molecule has 0 saturated carbocycles. The van der Waals surface area contributed by atoms with Crippen molar-refractivity contribution in [2.45, 2.75) is 38.9 Å². The number of hydrogen-bond acceptors (Lipinski definition) is 2. The highest BCUT2D eigenvalue weighted by atomic mass is 35.5. The first-order valence-electron chi connectivity index (χ1n) is 6.02. The lowest BCUT2D eigenvalue weighted by molar-refractivity contribution is 0.157. The molecule has 0 spiro atoms. The average molecular weight is 273 g/mol. The van der Waals surface area contributed by atoms with E-state index in [-0.39, 0.29) is 6.04 Å². The SMILES string of the molecule is CCC(C)N1Cc2c(Cl)ccc(Cl)c2C1CN. The van der Waals surface area contributed by atoms with Gasteiger partial charge in [0.2, 0.25) is 0 Å². The Kier molecular flexibility index (Phi) is 3.99. The molecular formula is C13H18Cl2N2. The predicted octanol–water partition coefficient (Wildman–Crippen LogP) is 3.61. The van der Waals surface area contributed by atoms with Crippen LogP contribution in [0.15, 0.2) is 12.1 Å². The smallest absolute Gasteiger partial charge is 0.0495 e. The van der Waals surface area contributed by atoms with Crippen molar-refractivity contribution in [2.24, 2.45) is 5.73 Å². The molecule has 0 radical (unpaired) electrons. The normalized spacial score (nSPS) is 21.6. The molecule has 1 aromatic carbocycles. The zero-order valence-corrected chi connectivity index (χ0v) is 11.7. The third-order valence-electron chi connectivity index (χ3n) is 3.70. The molecule has 2 rings (SSSR count). The highest BCUT2D eigenvalue weighted by molar-refractivity contribution is 6.34. The van der Waals surface area contributed by atoms with Crippen LogP contribution in [0.1, 0.15) is 37.4 Å². The maximum Gasteiger partial charge on any atom is 0.0495 e. The number of nitrogens with two attached hydrogens (primary N) is 1. The fraction of sp³-hybridized carbons (Fsp3) is 0.538. The molecule has 0 aliphatic carbocycles. The molecule has 2 nitrogen and oxygen atoms in total. The van der Waals surface area contributed by atoms with E-state index < -0.39 is 0 Å². The van der Waals surface area contributed by atoms with Gasteiger partial charge in [-0.15, -0.1) is 0 Å². The van der Waals surface area contributed by atoms with E-state index in [2.05, 4.69) is 18.7 Å². The summed E-state index contributed by atoms with van der Waals surface area (Å²) >= 11 is 12.5. The van der Waals surface area contributed by atoms with Gasteiger partial charge in [-0.2, -0.15) is 0 Å². The van der Waals surface area contributed by atoms with Crippen LogP contribution in [0.2, 0.25) is 10.0 Å². The molecule has 1 aliphatic rings. The van der Waals surface area contributed by atoms with Crippen molar-refractivity contribution in [3.8, 4) is 0 Å². The second kappa shape index (κ2) is 5.15. The molecule has 2 atom stereocenters. The maximum atomic E-state index is 6.29. The van der Waals surface area contributed by atoms with Gasteiger partial charge in [-0.25, -0.2) is 0 Å². The van der Waals surface area contributed by atoms with Crippen molar-refractivity contribution in [1.82, 2.24) is 4.90 Å². The van der Waals surface area contributed by atoms with Crippen molar-refractivity contribution in [3.63, 3.8) is 0 Å². The molecular weight excluding hydrogens is 255 g/mol. The molecule has 1 heterocycles. The molecule has 2 unspecified atom stereocenters. The minimum atomic E-state index is 0.200. The van der Waals surface area contributed by atoms with Gasteiger partial charge in [-0.3, -0.25) is 4.90 Å². The van der Waals surface area contributed by atoms with Crippen molar-refractivity contribution in [3.05, 3.63) is 33.3 Å². The highest BCUT2D eigenvalue weighted by Crippen LogP contribution is 2.42. The standard InChI is InChI=1S/C13H18Cl2N2/c1-3-8(2)17-7-9-10(14)4-5-11(15)13(9)12(17)6-16/h4-5,8,12H,3,6-7,16H2,1-2H3. The van der Waals surface area contributed by atoms with Crippen LogP contribution >= 0.6 is 23.2 Å². The Labute approximate surface area is 113 Å². The second-order valence-corrected chi connectivity index (χ2v) is 5.42. The van der Waals surface area contributed by atoms with E-state index in [1.54, 1.807) is 0 Å². The third-order valence-corrected chi connectivity index (χ3v) is 4.38. The topological polar surface area (TPSA) is 29.3 Å². The quantitative estimate of drug-likeness (QED) is 0.911. The molecule has 0 saturated heterocycles. The fourth-order valence-corrected chi connectivity index (χ4v) is 3.07. The Hall–Kier alpha value is -0.280. The largest absolute Gasteiger partial charge is 0.329 e. The van der Waals surface area contributed by atoms with Gasteiger partial charge in [-0.05, 0) is 36.6 Å². The van der Waals surface area contributed by atoms with E-state index in [0.29, 0.717) is 12.6 Å². The molecule has 0 bridgehead atoms. The van der Waals surface area contributed by atoms with E-state index in [4.69, 9.17) is 28.9 Å². The zero-order chi connectivity index (χ0) is 12.6. The van der Waals surface area contributed by atoms with Gasteiger partial charge in [0.25, 0.3) is 0 Å². The fourth-order valence-electron chi connectivity index (χ4n) is 2.54. The molecule has 17 heavy (non-hydrogen) atoms. The molecule has 1 aliphatic heterocycles. The minimum absolute atomic E-state index is 0.200. The number of rotatable bonds is 3. The van der Waals surface area contributed by atoms with Crippen LogP contribution in [-0.4, -0.2) is 17.5 Å². The lowest BCUT2D eigenvalue weighted by Crippen LogP contribution is -2.34. The van der Waals surface area contributed by atoms with Gasteiger partial charge in [0.15, 0.2) is 0 Å². The van der Waals surface area contributed by atoms with Crippen molar-refractivity contribution in [1.29, 1.82) is 0 Å². The van der Waals surface area contributed by atoms with Crippen LogP contribution in [0.5, 0.6) is 0 Å². The van der Waals surface area contributed by atoms with Gasteiger partial charge in [0.05, 0.1) is 0 Å². The van der Waals surface area contributed by atoms with E-state index in [1.807, 2.05) is 12.1 Å². The number of halogens is 2. The van der Waals surface area contributed by atoms with Crippen LogP contribution in [0.4, 0.5) is 0 Å². The number of benzene rings is 1. The summed E-state index contributed by atoms with van der Waals surface area (Å²) in [5, 5.41) is 1.58. The average Bonchev–Trinajstić information content (AvgIpc) is 2.73. The Bertz CT molecular complexity index is 420. The first-order valence-corrected chi connectivity index (χ1v) is 6.78. The van der Waals surface area contributed by atoms with Crippen molar-refractivity contribution < 1.29 is 0 Å². The molecule has 0 fully saturated rings. The molecule has 1 aromatic rings. The first kappa shape index (κ1) is 13.2. The highest BCUT2D eigenvalue weighted by Gasteiger charge is 2.34. The summed E-state index contributed by atoms with van der Waals surface area (Å²) in [6, 6.07) is 4.43. The Balaban J connectivity index is 2.45. The minimum Gasteiger partial charge on any atom is -0.329 e. The predicted molar refractivity (Wildman–Crippen MR) is 73.6 cm³/mol. The van der Waals surface area contributed by atoms with Gasteiger partial charge in [-0.1, -0.05) is 30.1 Å². The van der Waals surface area contributed by atoms with E-state index >= 15 is 0 Å². The molecule has 4 heteroatoms. The van der Waals surface area contributed by atoms with Gasteiger partial charge in [0, 0.05) is 35.2 Å². The van der Waals surface area contributed by atoms with E-state index in [1.165, 1.54) is 0 Å². The monoisotopic (exact) mass is 272 g/mol. The van der Waals surface area contributed by atoms with Gasteiger partial charge >= 0.3 is 0 Å². The number of nitrogens with zero attached hydrogens (tertiary/aromatic N) is 1. The zero-order valence-electron chi connectivity index (χ0n) is 10.2. The summed E-state index contributed by atoms with van der Waals surface area (Å²) in [6.07, 6.45) is 1.10. The number of fused-ring (bicyclic) bond motifs is 1. The van der Waals surface area contributed by atoms with E-state index in [0.717, 1.165) is 34.1 Å². The van der Waals surface area contributed by atoms with Crippen LogP contribution in [0.3, 0.4) is 0 Å². The third kappa shape index (κ3) is 2.19. The van der Waals surface area contributed by atoms with Crippen LogP contribution in [0.25, 0.3) is 0 Å². The first-order chi connectivity index (χ1) is 8.10. The lowest BCUT2D eigenvalue weighted by atomic mass is 10.0. The Morgan fingerprint density at radius 3 is 2.65 bits per heavy atom. The lowest BCUT2D eigenvalue weighted by Gasteiger charge is -2.29. The Morgan fingerprint density at radius 1 is 1.41 bits per heavy atom. The molecule has 0 aromatic heterocycles. The van der Waals surface area contributed by atoms with Crippen LogP contribution in [-0.2, 0) is 6.54 Å². The second-order valence-electron chi connectivity index (χ2n) is 4.60. The van der Waals surface area contributed by atoms with Crippen LogP contribution in [0, 0.1) is 0 Å². The maximum absolute atomic E-state index is 6.29. The molecule has 94 valence electrons. The van der Waals surface area contributed by atoms with Crippen molar-refractivity contribution >= 4 is 23.2 Å². The van der Waals surface area contributed by atoms with Crippen molar-refractivity contribution in [2.75, 3.05) is 6.54 Å². The van der Waals surface area contributed by atoms with Crippen LogP contribution < -0.4 is 5.73 Å². The van der Waals surface area contributed by atoms with Gasteiger partial charge < -0.3 is 5.73 Å². The summed E-state index contributed by atoms with van der Waals surface area (Å²) in [5.41, 5.74) is 8.18. The van der Waals surface area contributed by atoms with Gasteiger partial charge in [0.1, 0.15) is 0 Å². The summed E-state index contributed by atoms with van der Waals surface area (Å²) < 4.78 is 0. The van der Waals surface area contributed by atoms with E-state index in [9.17, 15) is 0 Å². The molecule has 2 N–H and O–H groups in total. The summed E-state index contributed by atoms with van der Waals surface area (Å²) in [6.45, 7) is 5.84. The Morgan fingerprint density at radius 2 is 2.06 bits per heavy atom. The molecule has 0 amide bonds. The summed E-state index contributed by atoms with van der Waals surface area (Å²) in [4.78, 5) is 2.39.